The first-order valence-electron chi connectivity index (χ1n) is 7.34. The molecule has 0 aliphatic heterocycles. The van der Waals surface area contributed by atoms with Gasteiger partial charge in [-0.15, -0.1) is 0 Å². The van der Waals surface area contributed by atoms with E-state index in [1.807, 2.05) is 18.9 Å². The molecule has 0 spiro atoms. The third-order valence-corrected chi connectivity index (χ3v) is 4.28. The molecule has 1 N–H and O–H groups in total. The summed E-state index contributed by atoms with van der Waals surface area (Å²) in [4.78, 5) is 17.9. The zero-order valence-electron chi connectivity index (χ0n) is 12.3. The van der Waals surface area contributed by atoms with Crippen LogP contribution in [0.2, 0.25) is 0 Å². The summed E-state index contributed by atoms with van der Waals surface area (Å²) in [6.07, 6.45) is 5.88. The van der Waals surface area contributed by atoms with Gasteiger partial charge < -0.3 is 14.5 Å². The molecule has 2 rings (SSSR count). The van der Waals surface area contributed by atoms with Crippen molar-refractivity contribution in [2.45, 2.75) is 51.9 Å². The number of anilines is 1. The number of rotatable bonds is 5. The van der Waals surface area contributed by atoms with Gasteiger partial charge in [0, 0.05) is 20.0 Å². The molecule has 0 unspecified atom stereocenters. The van der Waals surface area contributed by atoms with E-state index >= 15 is 0 Å². The lowest BCUT2D eigenvalue weighted by Gasteiger charge is -2.26. The van der Waals surface area contributed by atoms with Crippen LogP contribution < -0.4 is 4.90 Å². The van der Waals surface area contributed by atoms with E-state index in [-0.39, 0.29) is 0 Å². The summed E-state index contributed by atoms with van der Waals surface area (Å²) in [6, 6.07) is 0. The van der Waals surface area contributed by atoms with Crippen molar-refractivity contribution in [3.05, 3.63) is 5.89 Å². The lowest BCUT2D eigenvalue weighted by atomic mass is 9.77. The summed E-state index contributed by atoms with van der Waals surface area (Å²) in [6.45, 7) is 2.78. The molecule has 112 valence electrons. The van der Waals surface area contributed by atoms with Crippen molar-refractivity contribution < 1.29 is 14.4 Å². The SMILES string of the molecule is CCN(C)c1noc(CC2(C(=O)O)CCCCCC2)n1. The number of carboxylic acids is 1. The van der Waals surface area contributed by atoms with Crippen LogP contribution in [0.15, 0.2) is 4.52 Å². The van der Waals surface area contributed by atoms with Gasteiger partial charge in [-0.1, -0.05) is 25.7 Å². The Labute approximate surface area is 119 Å². The molecule has 1 aromatic heterocycles. The average molecular weight is 281 g/mol. The van der Waals surface area contributed by atoms with E-state index in [1.165, 1.54) is 0 Å². The minimum absolute atomic E-state index is 0.340. The van der Waals surface area contributed by atoms with Crippen LogP contribution in [0, 0.1) is 5.41 Å². The molecule has 20 heavy (non-hydrogen) atoms. The molecule has 6 heteroatoms. The molecule has 6 nitrogen and oxygen atoms in total. The Morgan fingerprint density at radius 2 is 2.00 bits per heavy atom. The standard InChI is InChI=1S/C14H23N3O3/c1-3-17(2)13-15-11(20-16-13)10-14(12(18)19)8-6-4-5-7-9-14/h3-10H2,1-2H3,(H,18,19). The molecule has 0 radical (unpaired) electrons. The zero-order valence-corrected chi connectivity index (χ0v) is 12.3. The van der Waals surface area contributed by atoms with Crippen molar-refractivity contribution in [3.63, 3.8) is 0 Å². The van der Waals surface area contributed by atoms with Gasteiger partial charge in [0.25, 0.3) is 5.95 Å². The molecule has 1 aromatic rings. The van der Waals surface area contributed by atoms with Crippen LogP contribution in [-0.4, -0.2) is 34.8 Å². The fraction of sp³-hybridized carbons (Fsp3) is 0.786. The highest BCUT2D eigenvalue weighted by atomic mass is 16.5. The molecule has 1 fully saturated rings. The maximum absolute atomic E-state index is 11.7. The Bertz CT molecular complexity index is 450. The van der Waals surface area contributed by atoms with E-state index in [9.17, 15) is 9.90 Å². The van der Waals surface area contributed by atoms with Crippen molar-refractivity contribution in [3.8, 4) is 0 Å². The molecular weight excluding hydrogens is 258 g/mol. The van der Waals surface area contributed by atoms with E-state index in [0.29, 0.717) is 31.1 Å². The van der Waals surface area contributed by atoms with Crippen molar-refractivity contribution in [1.29, 1.82) is 0 Å². The molecular formula is C14H23N3O3. The molecule has 1 aliphatic rings. The molecule has 0 amide bonds. The fourth-order valence-electron chi connectivity index (χ4n) is 2.78. The largest absolute Gasteiger partial charge is 0.481 e. The highest BCUT2D eigenvalue weighted by molar-refractivity contribution is 5.75. The third-order valence-electron chi connectivity index (χ3n) is 4.28. The van der Waals surface area contributed by atoms with Gasteiger partial charge in [-0.3, -0.25) is 4.79 Å². The van der Waals surface area contributed by atoms with Gasteiger partial charge in [0.15, 0.2) is 0 Å². The second-order valence-corrected chi connectivity index (χ2v) is 5.68. The first kappa shape index (κ1) is 14.8. The summed E-state index contributed by atoms with van der Waals surface area (Å²) in [5, 5.41) is 13.6. The quantitative estimate of drug-likeness (QED) is 0.835. The van der Waals surface area contributed by atoms with Gasteiger partial charge >= 0.3 is 5.97 Å². The first-order chi connectivity index (χ1) is 9.57. The number of hydrogen-bond donors (Lipinski definition) is 1. The van der Waals surface area contributed by atoms with Gasteiger partial charge in [0.1, 0.15) is 0 Å². The fourth-order valence-corrected chi connectivity index (χ4v) is 2.78. The number of aromatic nitrogens is 2. The Morgan fingerprint density at radius 1 is 1.35 bits per heavy atom. The number of hydrogen-bond acceptors (Lipinski definition) is 5. The van der Waals surface area contributed by atoms with Crippen LogP contribution >= 0.6 is 0 Å². The zero-order chi connectivity index (χ0) is 14.6. The predicted molar refractivity (Wildman–Crippen MR) is 74.7 cm³/mol. The van der Waals surface area contributed by atoms with Crippen LogP contribution in [0.4, 0.5) is 5.95 Å². The summed E-state index contributed by atoms with van der Waals surface area (Å²) < 4.78 is 5.24. The average Bonchev–Trinajstić information content (AvgIpc) is 2.75. The second kappa shape index (κ2) is 6.24. The topological polar surface area (TPSA) is 79.5 Å². The Hall–Kier alpha value is -1.59. The number of carbonyl (C=O) groups is 1. The van der Waals surface area contributed by atoms with Crippen LogP contribution in [-0.2, 0) is 11.2 Å². The molecule has 0 aromatic carbocycles. The van der Waals surface area contributed by atoms with Crippen molar-refractivity contribution in [1.82, 2.24) is 10.1 Å². The van der Waals surface area contributed by atoms with Crippen molar-refractivity contribution in [2.75, 3.05) is 18.5 Å². The second-order valence-electron chi connectivity index (χ2n) is 5.68. The van der Waals surface area contributed by atoms with Gasteiger partial charge in [-0.05, 0) is 24.9 Å². The van der Waals surface area contributed by atoms with E-state index in [2.05, 4.69) is 10.1 Å². The van der Waals surface area contributed by atoms with Crippen LogP contribution in [0.25, 0.3) is 0 Å². The Kier molecular flexibility index (Phi) is 4.62. The molecule has 0 bridgehead atoms. The van der Waals surface area contributed by atoms with Gasteiger partial charge in [0.05, 0.1) is 5.41 Å². The summed E-state index contributed by atoms with van der Waals surface area (Å²) in [5.41, 5.74) is -0.731. The number of nitrogens with zero attached hydrogens (tertiary/aromatic N) is 3. The summed E-state index contributed by atoms with van der Waals surface area (Å²) in [5.74, 6) is 0.226. The highest BCUT2D eigenvalue weighted by Gasteiger charge is 2.40. The van der Waals surface area contributed by atoms with E-state index in [1.54, 1.807) is 0 Å². The third kappa shape index (κ3) is 3.11. The van der Waals surface area contributed by atoms with Gasteiger partial charge in [-0.2, -0.15) is 4.98 Å². The molecule has 0 atom stereocenters. The van der Waals surface area contributed by atoms with Crippen molar-refractivity contribution >= 4 is 11.9 Å². The van der Waals surface area contributed by atoms with E-state index in [4.69, 9.17) is 4.52 Å². The van der Waals surface area contributed by atoms with Gasteiger partial charge in [0.2, 0.25) is 5.89 Å². The predicted octanol–water partition coefficient (Wildman–Crippen LogP) is 2.49. The Morgan fingerprint density at radius 3 is 2.55 bits per heavy atom. The number of carboxylic acid groups (broad SMARTS) is 1. The first-order valence-corrected chi connectivity index (χ1v) is 7.34. The smallest absolute Gasteiger partial charge is 0.310 e. The minimum Gasteiger partial charge on any atom is -0.481 e. The summed E-state index contributed by atoms with van der Waals surface area (Å²) >= 11 is 0. The summed E-state index contributed by atoms with van der Waals surface area (Å²) in [7, 11) is 1.88. The van der Waals surface area contributed by atoms with Crippen molar-refractivity contribution in [2.24, 2.45) is 5.41 Å². The number of aliphatic carboxylic acids is 1. The van der Waals surface area contributed by atoms with Crippen LogP contribution in [0.1, 0.15) is 51.3 Å². The van der Waals surface area contributed by atoms with E-state index in [0.717, 1.165) is 32.2 Å². The van der Waals surface area contributed by atoms with Crippen LogP contribution in [0.5, 0.6) is 0 Å². The maximum Gasteiger partial charge on any atom is 0.310 e. The lowest BCUT2D eigenvalue weighted by molar-refractivity contribution is -0.150. The van der Waals surface area contributed by atoms with Gasteiger partial charge in [-0.25, -0.2) is 0 Å². The minimum atomic E-state index is -0.733. The van der Waals surface area contributed by atoms with Crippen LogP contribution in [0.3, 0.4) is 0 Å². The molecule has 1 aliphatic carbocycles. The monoisotopic (exact) mass is 281 g/mol. The molecule has 1 heterocycles. The lowest BCUT2D eigenvalue weighted by Crippen LogP contribution is -2.33. The van der Waals surface area contributed by atoms with E-state index < -0.39 is 11.4 Å². The highest BCUT2D eigenvalue weighted by Crippen LogP contribution is 2.38. The molecule has 1 saturated carbocycles. The maximum atomic E-state index is 11.7. The normalized spacial score (nSPS) is 18.5. The molecule has 0 saturated heterocycles. The Balaban J connectivity index is 2.15.